The number of allylic oxidation sites excluding steroid dienone is 4. The fraction of sp³-hybridized carbons (Fsp3) is 0.0164. The molecule has 0 spiro atoms. The van der Waals surface area contributed by atoms with Crippen LogP contribution in [0.25, 0.3) is 50.1 Å². The zero-order chi connectivity index (χ0) is 42.8. The van der Waals surface area contributed by atoms with Crippen LogP contribution >= 0.6 is 0 Å². The minimum atomic E-state index is 0.818. The van der Waals surface area contributed by atoms with Crippen LogP contribution in [0.2, 0.25) is 0 Å². The highest BCUT2D eigenvalue weighted by Crippen LogP contribution is 2.38. The maximum atomic E-state index is 6.15. The first kappa shape index (κ1) is 40.0. The van der Waals surface area contributed by atoms with E-state index < -0.39 is 0 Å². The molecule has 2 nitrogen and oxygen atoms in total. The molecule has 0 aromatic heterocycles. The quantitative estimate of drug-likeness (QED) is 0.0896. The summed E-state index contributed by atoms with van der Waals surface area (Å²) in [7, 11) is 0. The summed E-state index contributed by atoms with van der Waals surface area (Å²) in [6.45, 7) is 2.12. The smallest absolute Gasteiger partial charge is 0.0462 e. The van der Waals surface area contributed by atoms with Gasteiger partial charge in [0, 0.05) is 39.7 Å². The van der Waals surface area contributed by atoms with Crippen LogP contribution in [0.3, 0.4) is 0 Å². The Labute approximate surface area is 372 Å². The van der Waals surface area contributed by atoms with Gasteiger partial charge in [0.25, 0.3) is 0 Å². The summed E-state index contributed by atoms with van der Waals surface area (Å²) in [6.07, 6.45) is 10.3. The molecule has 0 atom stereocenters. The number of para-hydroxylation sites is 2. The fourth-order valence-electron chi connectivity index (χ4n) is 8.05. The molecule has 0 bridgehead atoms. The normalized spacial score (nSPS) is 11.4. The Morgan fingerprint density at radius 3 is 1.14 bits per heavy atom. The third-order valence-electron chi connectivity index (χ3n) is 11.3. The van der Waals surface area contributed by atoms with Crippen molar-refractivity contribution < 1.29 is 0 Å². The zero-order valence-electron chi connectivity index (χ0n) is 35.2. The lowest BCUT2D eigenvalue weighted by Crippen LogP contribution is -2.14. The molecule has 9 aromatic rings. The highest BCUT2D eigenvalue weighted by molar-refractivity contribution is 5.83. The van der Waals surface area contributed by atoms with Gasteiger partial charge in [0.1, 0.15) is 0 Å². The molecule has 0 unspecified atom stereocenters. The van der Waals surface area contributed by atoms with Gasteiger partial charge >= 0.3 is 0 Å². The highest BCUT2D eigenvalue weighted by Gasteiger charge is 2.14. The maximum Gasteiger partial charge on any atom is 0.0462 e. The zero-order valence-corrected chi connectivity index (χ0v) is 35.2. The molecule has 0 fully saturated rings. The summed E-state index contributed by atoms with van der Waals surface area (Å²) >= 11 is 0. The van der Waals surface area contributed by atoms with Gasteiger partial charge in [-0.3, -0.25) is 0 Å². The molecular formula is C61H46N2. The second-order valence-electron chi connectivity index (χ2n) is 15.4. The lowest BCUT2D eigenvalue weighted by molar-refractivity contribution is 1.16. The number of nitrogens with zero attached hydrogens (tertiary/aromatic N) is 2. The highest BCUT2D eigenvalue weighted by atomic mass is 15.1. The van der Waals surface area contributed by atoms with Crippen molar-refractivity contribution in [3.05, 3.63) is 266 Å². The van der Waals surface area contributed by atoms with Crippen molar-refractivity contribution in [1.29, 1.82) is 0 Å². The van der Waals surface area contributed by atoms with E-state index in [0.29, 0.717) is 0 Å². The number of anilines is 5. The summed E-state index contributed by atoms with van der Waals surface area (Å²) in [5, 5.41) is 0. The van der Waals surface area contributed by atoms with E-state index >= 15 is 0 Å². The van der Waals surface area contributed by atoms with Crippen molar-refractivity contribution >= 4 is 34.0 Å². The van der Waals surface area contributed by atoms with Crippen molar-refractivity contribution in [2.75, 3.05) is 9.80 Å². The molecule has 63 heavy (non-hydrogen) atoms. The molecule has 0 radical (unpaired) electrons. The van der Waals surface area contributed by atoms with Gasteiger partial charge in [-0.1, -0.05) is 182 Å². The first-order valence-corrected chi connectivity index (χ1v) is 21.3. The van der Waals surface area contributed by atoms with E-state index in [1.165, 1.54) is 22.3 Å². The second kappa shape index (κ2) is 18.9. The summed E-state index contributed by atoms with van der Waals surface area (Å²) in [4.78, 5) is 4.56. The molecule has 0 aliphatic rings. The van der Waals surface area contributed by atoms with Crippen molar-refractivity contribution in [3.8, 4) is 56.9 Å². The van der Waals surface area contributed by atoms with Crippen LogP contribution < -0.4 is 9.80 Å². The predicted molar refractivity (Wildman–Crippen MR) is 268 cm³/mol. The van der Waals surface area contributed by atoms with E-state index in [-0.39, 0.29) is 0 Å². The molecule has 300 valence electrons. The van der Waals surface area contributed by atoms with E-state index in [0.717, 1.165) is 67.5 Å². The van der Waals surface area contributed by atoms with E-state index in [9.17, 15) is 0 Å². The first-order valence-electron chi connectivity index (χ1n) is 21.3. The third-order valence-corrected chi connectivity index (χ3v) is 11.3. The van der Waals surface area contributed by atoms with Crippen LogP contribution in [0.1, 0.15) is 12.5 Å². The molecular weight excluding hydrogens is 761 g/mol. The fourth-order valence-corrected chi connectivity index (χ4v) is 8.05. The van der Waals surface area contributed by atoms with Gasteiger partial charge in [-0.2, -0.15) is 0 Å². The average molecular weight is 807 g/mol. The summed E-state index contributed by atoms with van der Waals surface area (Å²) in [5.41, 5.74) is 17.7. The van der Waals surface area contributed by atoms with Crippen molar-refractivity contribution in [3.63, 3.8) is 0 Å². The number of rotatable bonds is 12. The van der Waals surface area contributed by atoms with Crippen LogP contribution in [-0.2, 0) is 0 Å². The summed E-state index contributed by atoms with van der Waals surface area (Å²) < 4.78 is 0. The van der Waals surface area contributed by atoms with Gasteiger partial charge in [0.15, 0.2) is 0 Å². The molecule has 0 aliphatic carbocycles. The molecule has 9 rings (SSSR count). The maximum absolute atomic E-state index is 6.15. The van der Waals surface area contributed by atoms with Gasteiger partial charge in [0.2, 0.25) is 0 Å². The van der Waals surface area contributed by atoms with Crippen LogP contribution in [0.5, 0.6) is 0 Å². The van der Waals surface area contributed by atoms with Gasteiger partial charge in [0.05, 0.1) is 0 Å². The van der Waals surface area contributed by atoms with Crippen LogP contribution in [-0.4, -0.2) is 0 Å². The first-order chi connectivity index (χ1) is 31.1. The molecule has 9 aromatic carbocycles. The Bertz CT molecular complexity index is 3000. The Hall–Kier alpha value is -8.38. The Kier molecular flexibility index (Phi) is 12.0. The number of hydrogen-bond donors (Lipinski definition) is 0. The second-order valence-corrected chi connectivity index (χ2v) is 15.4. The SMILES string of the molecule is C#C/C(=C\C=C(/C)N(c1ccccc1)c1ccc(-c2ccccc2)cc1)c1ccc(-c2cccc(-c3ccc(N(c4ccccc4)c4ccc(-c5ccccc5)cc4)cc3)c2)cc1. The average Bonchev–Trinajstić information content (AvgIpc) is 3.36. The Morgan fingerprint density at radius 2 is 0.683 bits per heavy atom. The van der Waals surface area contributed by atoms with Crippen LogP contribution in [0, 0.1) is 12.3 Å². The Morgan fingerprint density at radius 1 is 0.349 bits per heavy atom. The lowest BCUT2D eigenvalue weighted by atomic mass is 9.97. The van der Waals surface area contributed by atoms with Crippen LogP contribution in [0.15, 0.2) is 261 Å². The van der Waals surface area contributed by atoms with E-state index in [1.807, 2.05) is 18.2 Å². The standard InChI is InChI=1S/C61H46N2/c1-3-47(28-27-46(2)62(57-23-12-6-13-24-57)59-39-33-51(34-40-59)48-17-8-4-9-18-48)50-29-31-53(32-30-50)55-21-16-22-56(45-55)54-37-43-61(44-38-54)63(58-25-14-7-15-26-58)60-41-35-52(36-42-60)49-19-10-5-11-20-49/h1,4-45H,2H3/b46-27+,47-28+. The van der Waals surface area contributed by atoms with E-state index in [4.69, 9.17) is 6.42 Å². The molecule has 0 amide bonds. The molecule has 0 saturated carbocycles. The van der Waals surface area contributed by atoms with E-state index in [2.05, 4.69) is 259 Å². The molecule has 0 heterocycles. The van der Waals surface area contributed by atoms with Crippen molar-refractivity contribution in [2.24, 2.45) is 0 Å². The minimum Gasteiger partial charge on any atom is -0.315 e. The summed E-state index contributed by atoms with van der Waals surface area (Å²) in [6, 6.07) is 85.6. The van der Waals surface area contributed by atoms with Crippen LogP contribution in [0.4, 0.5) is 28.4 Å². The molecule has 0 saturated heterocycles. The van der Waals surface area contributed by atoms with Gasteiger partial charge in [-0.05, 0) is 136 Å². The number of terminal acetylenes is 1. The van der Waals surface area contributed by atoms with Gasteiger partial charge in [-0.25, -0.2) is 0 Å². The summed E-state index contributed by atoms with van der Waals surface area (Å²) in [5.74, 6) is 2.94. The minimum absolute atomic E-state index is 0.818. The van der Waals surface area contributed by atoms with Gasteiger partial charge < -0.3 is 9.80 Å². The predicted octanol–water partition coefficient (Wildman–Crippen LogP) is 16.6. The lowest BCUT2D eigenvalue weighted by Gasteiger charge is -2.26. The largest absolute Gasteiger partial charge is 0.315 e. The number of benzene rings is 9. The molecule has 0 aliphatic heterocycles. The van der Waals surface area contributed by atoms with Gasteiger partial charge in [-0.15, -0.1) is 6.42 Å². The third kappa shape index (κ3) is 9.20. The van der Waals surface area contributed by atoms with E-state index in [1.54, 1.807) is 0 Å². The number of hydrogen-bond acceptors (Lipinski definition) is 2. The molecule has 2 heteroatoms. The monoisotopic (exact) mass is 806 g/mol. The van der Waals surface area contributed by atoms with Crippen molar-refractivity contribution in [2.45, 2.75) is 6.92 Å². The topological polar surface area (TPSA) is 6.48 Å². The van der Waals surface area contributed by atoms with Crippen molar-refractivity contribution in [1.82, 2.24) is 0 Å². The Balaban J connectivity index is 0.937. The molecule has 0 N–H and O–H groups in total.